The maximum atomic E-state index is 12.0. The molecule has 0 bridgehead atoms. The zero-order valence-corrected chi connectivity index (χ0v) is 10.5. The van der Waals surface area contributed by atoms with Gasteiger partial charge in [0.2, 0.25) is 0 Å². The van der Waals surface area contributed by atoms with Crippen LogP contribution >= 0.6 is 0 Å². The van der Waals surface area contributed by atoms with Crippen LogP contribution < -0.4 is 5.32 Å². The van der Waals surface area contributed by atoms with Crippen LogP contribution in [0, 0.1) is 0 Å². The average Bonchev–Trinajstić information content (AvgIpc) is 2.46. The highest BCUT2D eigenvalue weighted by molar-refractivity contribution is 5.99. The summed E-state index contributed by atoms with van der Waals surface area (Å²) in [6.45, 7) is 2.42. The standard InChI is InChI=1S/C16H17NO/c1-2-13-7-6-8-14(11-13)16(18)12-17-15-9-4-3-5-10-15/h3-11,17H,2,12H2,1H3. The van der Waals surface area contributed by atoms with E-state index in [1.54, 1.807) is 0 Å². The molecule has 0 aliphatic carbocycles. The van der Waals surface area contributed by atoms with Crippen LogP contribution in [-0.4, -0.2) is 12.3 Å². The molecule has 0 atom stereocenters. The zero-order valence-electron chi connectivity index (χ0n) is 10.5. The van der Waals surface area contributed by atoms with Crippen LogP contribution in [-0.2, 0) is 6.42 Å². The Morgan fingerprint density at radius 1 is 1.06 bits per heavy atom. The van der Waals surface area contributed by atoms with Gasteiger partial charge in [-0.1, -0.05) is 43.3 Å². The predicted molar refractivity (Wildman–Crippen MR) is 75.1 cm³/mol. The Morgan fingerprint density at radius 3 is 2.56 bits per heavy atom. The van der Waals surface area contributed by atoms with Crippen molar-refractivity contribution < 1.29 is 4.79 Å². The molecule has 1 N–H and O–H groups in total. The van der Waals surface area contributed by atoms with Crippen molar-refractivity contribution >= 4 is 11.5 Å². The number of benzene rings is 2. The summed E-state index contributed by atoms with van der Waals surface area (Å²) < 4.78 is 0. The highest BCUT2D eigenvalue weighted by Crippen LogP contribution is 2.09. The van der Waals surface area contributed by atoms with Gasteiger partial charge in [0, 0.05) is 11.3 Å². The quantitative estimate of drug-likeness (QED) is 0.808. The first-order valence-corrected chi connectivity index (χ1v) is 6.20. The lowest BCUT2D eigenvalue weighted by molar-refractivity contribution is 0.101. The topological polar surface area (TPSA) is 29.1 Å². The molecule has 2 rings (SSSR count). The van der Waals surface area contributed by atoms with E-state index in [-0.39, 0.29) is 5.78 Å². The van der Waals surface area contributed by atoms with E-state index < -0.39 is 0 Å². The molecule has 0 spiro atoms. The second-order valence-corrected chi connectivity index (χ2v) is 4.20. The summed E-state index contributed by atoms with van der Waals surface area (Å²) in [5.74, 6) is 0.120. The van der Waals surface area contributed by atoms with Crippen molar-refractivity contribution in [1.82, 2.24) is 0 Å². The summed E-state index contributed by atoms with van der Waals surface area (Å²) in [5.41, 5.74) is 2.94. The van der Waals surface area contributed by atoms with Crippen LogP contribution in [0.4, 0.5) is 5.69 Å². The van der Waals surface area contributed by atoms with Crippen molar-refractivity contribution in [1.29, 1.82) is 0 Å². The van der Waals surface area contributed by atoms with Crippen LogP contribution in [0.25, 0.3) is 0 Å². The largest absolute Gasteiger partial charge is 0.378 e. The fourth-order valence-corrected chi connectivity index (χ4v) is 1.81. The van der Waals surface area contributed by atoms with Crippen LogP contribution in [0.2, 0.25) is 0 Å². The number of hydrogen-bond acceptors (Lipinski definition) is 2. The van der Waals surface area contributed by atoms with E-state index in [1.165, 1.54) is 5.56 Å². The predicted octanol–water partition coefficient (Wildman–Crippen LogP) is 3.54. The zero-order chi connectivity index (χ0) is 12.8. The summed E-state index contributed by atoms with van der Waals surface area (Å²) in [5, 5.41) is 3.13. The fourth-order valence-electron chi connectivity index (χ4n) is 1.81. The number of Topliss-reactive ketones (excluding diaryl/α,β-unsaturated/α-hetero) is 1. The van der Waals surface area contributed by atoms with Gasteiger partial charge in [-0.05, 0) is 30.2 Å². The lowest BCUT2D eigenvalue weighted by Crippen LogP contribution is -2.14. The smallest absolute Gasteiger partial charge is 0.181 e. The van der Waals surface area contributed by atoms with Crippen LogP contribution in [0.5, 0.6) is 0 Å². The summed E-state index contributed by atoms with van der Waals surface area (Å²) >= 11 is 0. The monoisotopic (exact) mass is 239 g/mol. The molecule has 2 nitrogen and oxygen atoms in total. The Morgan fingerprint density at radius 2 is 1.83 bits per heavy atom. The van der Waals surface area contributed by atoms with Gasteiger partial charge in [-0.3, -0.25) is 4.79 Å². The molecular formula is C16H17NO. The van der Waals surface area contributed by atoms with Crippen LogP contribution in [0.1, 0.15) is 22.8 Å². The Balaban J connectivity index is 1.99. The van der Waals surface area contributed by atoms with E-state index in [9.17, 15) is 4.79 Å². The lowest BCUT2D eigenvalue weighted by atomic mass is 10.1. The van der Waals surface area contributed by atoms with E-state index in [4.69, 9.17) is 0 Å². The second kappa shape index (κ2) is 6.01. The molecule has 0 heterocycles. The molecule has 18 heavy (non-hydrogen) atoms. The first-order valence-electron chi connectivity index (χ1n) is 6.20. The Hall–Kier alpha value is -2.09. The van der Waals surface area contributed by atoms with Crippen molar-refractivity contribution in [2.45, 2.75) is 13.3 Å². The van der Waals surface area contributed by atoms with Gasteiger partial charge >= 0.3 is 0 Å². The molecular weight excluding hydrogens is 222 g/mol. The number of ketones is 1. The van der Waals surface area contributed by atoms with Crippen molar-refractivity contribution in [3.8, 4) is 0 Å². The first-order chi connectivity index (χ1) is 8.79. The van der Waals surface area contributed by atoms with Crippen LogP contribution in [0.15, 0.2) is 54.6 Å². The molecule has 0 fully saturated rings. The molecule has 0 saturated heterocycles. The summed E-state index contributed by atoms with van der Waals surface area (Å²) in [6.07, 6.45) is 0.952. The number of carbonyl (C=O) groups is 1. The molecule has 0 saturated carbocycles. The van der Waals surface area contributed by atoms with Gasteiger partial charge in [-0.25, -0.2) is 0 Å². The molecule has 0 unspecified atom stereocenters. The van der Waals surface area contributed by atoms with Gasteiger partial charge < -0.3 is 5.32 Å². The molecule has 0 aliphatic rings. The third-order valence-corrected chi connectivity index (χ3v) is 2.88. The van der Waals surface area contributed by atoms with E-state index in [0.717, 1.165) is 17.7 Å². The van der Waals surface area contributed by atoms with Crippen LogP contribution in [0.3, 0.4) is 0 Å². The fraction of sp³-hybridized carbons (Fsp3) is 0.188. The number of aryl methyl sites for hydroxylation is 1. The lowest BCUT2D eigenvalue weighted by Gasteiger charge is -2.06. The van der Waals surface area contributed by atoms with Crippen molar-refractivity contribution in [2.24, 2.45) is 0 Å². The molecule has 2 heteroatoms. The van der Waals surface area contributed by atoms with Gasteiger partial charge in [-0.2, -0.15) is 0 Å². The van der Waals surface area contributed by atoms with E-state index in [1.807, 2.05) is 54.6 Å². The van der Waals surface area contributed by atoms with Crippen molar-refractivity contribution in [2.75, 3.05) is 11.9 Å². The molecule has 0 aliphatic heterocycles. The van der Waals surface area contributed by atoms with E-state index >= 15 is 0 Å². The van der Waals surface area contributed by atoms with E-state index in [0.29, 0.717) is 6.54 Å². The number of rotatable bonds is 5. The summed E-state index contributed by atoms with van der Waals surface area (Å²) in [7, 11) is 0. The molecule has 2 aromatic rings. The Bertz CT molecular complexity index is 520. The van der Waals surface area contributed by atoms with E-state index in [2.05, 4.69) is 12.2 Å². The molecule has 2 aromatic carbocycles. The van der Waals surface area contributed by atoms with Gasteiger partial charge in [0.15, 0.2) is 5.78 Å². The van der Waals surface area contributed by atoms with Crippen molar-refractivity contribution in [3.05, 3.63) is 65.7 Å². The van der Waals surface area contributed by atoms with Gasteiger partial charge in [0.25, 0.3) is 0 Å². The number of hydrogen-bond donors (Lipinski definition) is 1. The number of nitrogens with one attached hydrogen (secondary N) is 1. The first kappa shape index (κ1) is 12.4. The highest BCUT2D eigenvalue weighted by Gasteiger charge is 2.05. The summed E-state index contributed by atoms with van der Waals surface area (Å²) in [6, 6.07) is 17.6. The summed E-state index contributed by atoms with van der Waals surface area (Å²) in [4.78, 5) is 12.0. The molecule has 0 aromatic heterocycles. The number of para-hydroxylation sites is 1. The minimum Gasteiger partial charge on any atom is -0.378 e. The minimum absolute atomic E-state index is 0.120. The third-order valence-electron chi connectivity index (χ3n) is 2.88. The van der Waals surface area contributed by atoms with Gasteiger partial charge in [-0.15, -0.1) is 0 Å². The highest BCUT2D eigenvalue weighted by atomic mass is 16.1. The minimum atomic E-state index is 0.120. The number of carbonyl (C=O) groups excluding carboxylic acids is 1. The number of anilines is 1. The second-order valence-electron chi connectivity index (χ2n) is 4.20. The Labute approximate surface area is 108 Å². The maximum Gasteiger partial charge on any atom is 0.181 e. The molecule has 92 valence electrons. The normalized spacial score (nSPS) is 10.1. The average molecular weight is 239 g/mol. The van der Waals surface area contributed by atoms with Crippen molar-refractivity contribution in [3.63, 3.8) is 0 Å². The maximum absolute atomic E-state index is 12.0. The third kappa shape index (κ3) is 3.20. The molecule has 0 radical (unpaired) electrons. The van der Waals surface area contributed by atoms with Gasteiger partial charge in [0.05, 0.1) is 6.54 Å². The SMILES string of the molecule is CCc1cccc(C(=O)CNc2ccccc2)c1. The van der Waals surface area contributed by atoms with Gasteiger partial charge in [0.1, 0.15) is 0 Å². The molecule has 0 amide bonds. The Kier molecular flexibility index (Phi) is 4.13.